The van der Waals surface area contributed by atoms with Gasteiger partial charge in [0.1, 0.15) is 0 Å². The number of amides is 2. The lowest BCUT2D eigenvalue weighted by Gasteiger charge is -2.35. The van der Waals surface area contributed by atoms with Crippen LogP contribution in [0.4, 0.5) is 4.79 Å². The van der Waals surface area contributed by atoms with E-state index in [0.717, 1.165) is 45.0 Å². The van der Waals surface area contributed by atoms with Crippen molar-refractivity contribution in [3.05, 3.63) is 30.1 Å². The Hall–Kier alpha value is -1.60. The van der Waals surface area contributed by atoms with E-state index in [1.54, 1.807) is 11.1 Å². The number of carbonyl (C=O) groups is 2. The summed E-state index contributed by atoms with van der Waals surface area (Å²) in [4.78, 5) is 34.0. The second-order valence-corrected chi connectivity index (χ2v) is 6.92. The van der Waals surface area contributed by atoms with Gasteiger partial charge in [-0.1, -0.05) is 17.8 Å². The molecule has 3 rings (SSSR count). The van der Waals surface area contributed by atoms with Crippen LogP contribution in [-0.2, 0) is 11.3 Å². The third-order valence-corrected chi connectivity index (χ3v) is 5.19. The summed E-state index contributed by atoms with van der Waals surface area (Å²) in [6.45, 7) is 5.52. The van der Waals surface area contributed by atoms with Crippen LogP contribution in [0.15, 0.2) is 24.5 Å². The SMILES string of the molecule is O=C(CCN1CCSC1=O)N1CCN(Cc2cccnc2)CC1. The van der Waals surface area contributed by atoms with Crippen LogP contribution in [0, 0.1) is 0 Å². The molecule has 6 nitrogen and oxygen atoms in total. The molecule has 7 heteroatoms. The Kier molecular flexibility index (Phi) is 5.51. The van der Waals surface area contributed by atoms with E-state index in [1.807, 2.05) is 17.2 Å². The van der Waals surface area contributed by atoms with Gasteiger partial charge in [-0.2, -0.15) is 0 Å². The zero-order valence-electron chi connectivity index (χ0n) is 13.2. The normalized spacial score (nSPS) is 19.4. The van der Waals surface area contributed by atoms with Gasteiger partial charge in [0.2, 0.25) is 5.91 Å². The van der Waals surface area contributed by atoms with Crippen LogP contribution in [0.25, 0.3) is 0 Å². The molecule has 0 N–H and O–H groups in total. The summed E-state index contributed by atoms with van der Waals surface area (Å²) in [5.41, 5.74) is 1.21. The van der Waals surface area contributed by atoms with Gasteiger partial charge in [0, 0.05) is 70.4 Å². The molecule has 2 fully saturated rings. The fourth-order valence-corrected chi connectivity index (χ4v) is 3.77. The third-order valence-electron chi connectivity index (χ3n) is 4.29. The van der Waals surface area contributed by atoms with Gasteiger partial charge in [-0.3, -0.25) is 19.5 Å². The monoisotopic (exact) mass is 334 g/mol. The molecule has 2 aliphatic heterocycles. The van der Waals surface area contributed by atoms with Crippen molar-refractivity contribution in [3.63, 3.8) is 0 Å². The maximum atomic E-state index is 12.3. The number of piperazine rings is 1. The number of nitrogens with zero attached hydrogens (tertiary/aromatic N) is 4. The Balaban J connectivity index is 1.39. The Morgan fingerprint density at radius 2 is 2.04 bits per heavy atom. The molecule has 0 unspecified atom stereocenters. The highest BCUT2D eigenvalue weighted by atomic mass is 32.2. The maximum Gasteiger partial charge on any atom is 0.281 e. The first-order valence-corrected chi connectivity index (χ1v) is 9.01. The second-order valence-electron chi connectivity index (χ2n) is 5.87. The number of hydrogen-bond acceptors (Lipinski definition) is 5. The van der Waals surface area contributed by atoms with E-state index in [9.17, 15) is 9.59 Å². The fraction of sp³-hybridized carbons (Fsp3) is 0.562. The molecule has 2 saturated heterocycles. The van der Waals surface area contributed by atoms with E-state index in [1.165, 1.54) is 17.3 Å². The van der Waals surface area contributed by atoms with Crippen molar-refractivity contribution in [2.24, 2.45) is 0 Å². The summed E-state index contributed by atoms with van der Waals surface area (Å²) in [6.07, 6.45) is 4.11. The molecule has 2 amide bonds. The van der Waals surface area contributed by atoms with Crippen LogP contribution < -0.4 is 0 Å². The Morgan fingerprint density at radius 3 is 2.70 bits per heavy atom. The summed E-state index contributed by atoms with van der Waals surface area (Å²) in [5.74, 6) is 1.01. The van der Waals surface area contributed by atoms with Crippen molar-refractivity contribution in [1.29, 1.82) is 0 Å². The van der Waals surface area contributed by atoms with Gasteiger partial charge < -0.3 is 9.80 Å². The second kappa shape index (κ2) is 7.79. The van der Waals surface area contributed by atoms with Crippen LogP contribution in [0.5, 0.6) is 0 Å². The van der Waals surface area contributed by atoms with Crippen molar-refractivity contribution in [2.75, 3.05) is 45.0 Å². The molecule has 0 aromatic carbocycles. The highest BCUT2D eigenvalue weighted by Gasteiger charge is 2.24. The van der Waals surface area contributed by atoms with Gasteiger partial charge in [0.25, 0.3) is 5.24 Å². The number of aromatic nitrogens is 1. The lowest BCUT2D eigenvalue weighted by molar-refractivity contribution is -0.133. The van der Waals surface area contributed by atoms with Crippen LogP contribution >= 0.6 is 11.8 Å². The number of carbonyl (C=O) groups excluding carboxylic acids is 2. The molecular weight excluding hydrogens is 312 g/mol. The van der Waals surface area contributed by atoms with E-state index in [0.29, 0.717) is 13.0 Å². The zero-order valence-corrected chi connectivity index (χ0v) is 14.0. The summed E-state index contributed by atoms with van der Waals surface area (Å²) in [6, 6.07) is 4.03. The summed E-state index contributed by atoms with van der Waals surface area (Å²) >= 11 is 1.34. The lowest BCUT2D eigenvalue weighted by Crippen LogP contribution is -2.48. The minimum absolute atomic E-state index is 0.110. The highest BCUT2D eigenvalue weighted by molar-refractivity contribution is 8.13. The predicted octanol–water partition coefficient (Wildman–Crippen LogP) is 1.28. The van der Waals surface area contributed by atoms with Gasteiger partial charge in [-0.05, 0) is 11.6 Å². The summed E-state index contributed by atoms with van der Waals surface area (Å²) < 4.78 is 0. The molecule has 23 heavy (non-hydrogen) atoms. The Bertz CT molecular complexity index is 546. The van der Waals surface area contributed by atoms with Gasteiger partial charge in [-0.15, -0.1) is 0 Å². The van der Waals surface area contributed by atoms with Crippen molar-refractivity contribution in [1.82, 2.24) is 19.7 Å². The molecule has 0 saturated carbocycles. The average Bonchev–Trinajstić information content (AvgIpc) is 2.99. The molecule has 3 heterocycles. The largest absolute Gasteiger partial charge is 0.340 e. The molecule has 0 atom stereocenters. The smallest absolute Gasteiger partial charge is 0.281 e. The highest BCUT2D eigenvalue weighted by Crippen LogP contribution is 2.17. The number of pyridine rings is 1. The minimum Gasteiger partial charge on any atom is -0.340 e. The molecule has 1 aromatic rings. The first kappa shape index (κ1) is 16.3. The van der Waals surface area contributed by atoms with Crippen molar-refractivity contribution < 1.29 is 9.59 Å². The predicted molar refractivity (Wildman–Crippen MR) is 90.1 cm³/mol. The number of hydrogen-bond donors (Lipinski definition) is 0. The van der Waals surface area contributed by atoms with Gasteiger partial charge in [0.05, 0.1) is 0 Å². The number of rotatable bonds is 5. The van der Waals surface area contributed by atoms with Crippen LogP contribution in [-0.4, -0.2) is 75.9 Å². The van der Waals surface area contributed by atoms with Gasteiger partial charge >= 0.3 is 0 Å². The van der Waals surface area contributed by atoms with Crippen LogP contribution in [0.1, 0.15) is 12.0 Å². The molecular formula is C16H22N4O2S. The quantitative estimate of drug-likeness (QED) is 0.812. The average molecular weight is 334 g/mol. The lowest BCUT2D eigenvalue weighted by atomic mass is 10.2. The Labute approximate surface area is 140 Å². The summed E-state index contributed by atoms with van der Waals surface area (Å²) in [5, 5.41) is 0.110. The molecule has 2 aliphatic rings. The van der Waals surface area contributed by atoms with Crippen molar-refractivity contribution >= 4 is 22.9 Å². The maximum absolute atomic E-state index is 12.3. The fourth-order valence-electron chi connectivity index (χ4n) is 2.92. The van der Waals surface area contributed by atoms with Gasteiger partial charge in [-0.25, -0.2) is 0 Å². The van der Waals surface area contributed by atoms with E-state index in [-0.39, 0.29) is 11.1 Å². The Morgan fingerprint density at radius 1 is 1.22 bits per heavy atom. The van der Waals surface area contributed by atoms with E-state index < -0.39 is 0 Å². The first-order chi connectivity index (χ1) is 11.2. The van der Waals surface area contributed by atoms with E-state index in [4.69, 9.17) is 0 Å². The molecule has 0 spiro atoms. The third kappa shape index (κ3) is 4.45. The van der Waals surface area contributed by atoms with E-state index in [2.05, 4.69) is 16.0 Å². The minimum atomic E-state index is 0.110. The van der Waals surface area contributed by atoms with Crippen molar-refractivity contribution in [2.45, 2.75) is 13.0 Å². The molecule has 0 aliphatic carbocycles. The van der Waals surface area contributed by atoms with Gasteiger partial charge in [0.15, 0.2) is 0 Å². The molecule has 124 valence electrons. The van der Waals surface area contributed by atoms with E-state index >= 15 is 0 Å². The first-order valence-electron chi connectivity index (χ1n) is 8.03. The molecule has 1 aromatic heterocycles. The topological polar surface area (TPSA) is 56.8 Å². The van der Waals surface area contributed by atoms with Crippen LogP contribution in [0.2, 0.25) is 0 Å². The van der Waals surface area contributed by atoms with Crippen LogP contribution in [0.3, 0.4) is 0 Å². The molecule has 0 radical (unpaired) electrons. The van der Waals surface area contributed by atoms with Crippen molar-refractivity contribution in [3.8, 4) is 0 Å². The number of thioether (sulfide) groups is 1. The zero-order chi connectivity index (χ0) is 16.1. The molecule has 0 bridgehead atoms. The standard InChI is InChI=1S/C16H22N4O2S/c21-15(3-5-20-10-11-23-16(20)22)19-8-6-18(7-9-19)13-14-2-1-4-17-12-14/h1-2,4,12H,3,5-11,13H2. The summed E-state index contributed by atoms with van der Waals surface area (Å²) in [7, 11) is 0.